The van der Waals surface area contributed by atoms with E-state index in [1.807, 2.05) is 6.92 Å². The number of fused-ring (bicyclic) bond motifs is 2. The Labute approximate surface area is 163 Å². The van der Waals surface area contributed by atoms with E-state index in [-0.39, 0.29) is 35.3 Å². The first-order valence-electron chi connectivity index (χ1n) is 9.20. The summed E-state index contributed by atoms with van der Waals surface area (Å²) in [6, 6.07) is 3.83. The van der Waals surface area contributed by atoms with Crippen molar-refractivity contribution < 1.29 is 27.2 Å². The van der Waals surface area contributed by atoms with E-state index in [2.05, 4.69) is 0 Å². The summed E-state index contributed by atoms with van der Waals surface area (Å²) >= 11 is 0. The minimum atomic E-state index is -4.07. The molecule has 2 amide bonds. The first-order valence-corrected chi connectivity index (χ1v) is 10.6. The van der Waals surface area contributed by atoms with Crippen molar-refractivity contribution in [3.8, 4) is 0 Å². The van der Waals surface area contributed by atoms with Crippen LogP contribution in [0.25, 0.3) is 0 Å². The van der Waals surface area contributed by atoms with Gasteiger partial charge in [0, 0.05) is 18.7 Å². The Morgan fingerprint density at radius 3 is 2.61 bits per heavy atom. The summed E-state index contributed by atoms with van der Waals surface area (Å²) in [5.74, 6) is 0. The number of hydrogen-bond donors (Lipinski definition) is 0. The molecule has 0 N–H and O–H groups in total. The van der Waals surface area contributed by atoms with Crippen LogP contribution in [0.3, 0.4) is 0 Å². The number of urea groups is 1. The van der Waals surface area contributed by atoms with Crippen molar-refractivity contribution in [1.29, 1.82) is 0 Å². The minimum Gasteiger partial charge on any atom is -0.315 e. The minimum absolute atomic E-state index is 0.0214. The van der Waals surface area contributed by atoms with Crippen molar-refractivity contribution in [2.75, 3.05) is 19.8 Å². The molecule has 2 aliphatic rings. The maximum Gasteiger partial charge on any atom is 0.344 e. The van der Waals surface area contributed by atoms with Crippen LogP contribution >= 0.6 is 0 Å². The predicted octanol–water partition coefficient (Wildman–Crippen LogP) is 2.30. The van der Waals surface area contributed by atoms with Crippen molar-refractivity contribution in [2.45, 2.75) is 49.6 Å². The standard InChI is InChI=1S/C17H23N3O7S/c1-2-3-10-26-19-14-4-5-15(18(11-14)17(19)21)12-27-28(24,25)16-8-6-13(7-9-16)20(22)23/h6-9,14-15H,2-5,10-12H2,1H3/t14-,15-/m0/s1. The monoisotopic (exact) mass is 413 g/mol. The second-order valence-corrected chi connectivity index (χ2v) is 8.44. The molecule has 1 aromatic rings. The Bertz CT molecular complexity index is 828. The lowest BCUT2D eigenvalue weighted by Gasteiger charge is -2.29. The Hall–Kier alpha value is -2.24. The van der Waals surface area contributed by atoms with Crippen molar-refractivity contribution in [3.05, 3.63) is 34.4 Å². The Kier molecular flexibility index (Phi) is 6.16. The zero-order valence-corrected chi connectivity index (χ0v) is 16.3. The molecule has 0 saturated carbocycles. The van der Waals surface area contributed by atoms with Gasteiger partial charge in [-0.1, -0.05) is 13.3 Å². The molecule has 11 heteroatoms. The van der Waals surface area contributed by atoms with Crippen molar-refractivity contribution >= 4 is 21.8 Å². The molecule has 2 bridgehead atoms. The highest BCUT2D eigenvalue weighted by atomic mass is 32.2. The number of piperidine rings is 1. The molecule has 154 valence electrons. The average molecular weight is 413 g/mol. The van der Waals surface area contributed by atoms with Crippen molar-refractivity contribution in [2.24, 2.45) is 0 Å². The summed E-state index contributed by atoms with van der Waals surface area (Å²) in [6.45, 7) is 2.83. The Morgan fingerprint density at radius 1 is 1.25 bits per heavy atom. The van der Waals surface area contributed by atoms with Crippen LogP contribution in [-0.4, -0.2) is 61.2 Å². The fourth-order valence-corrected chi connectivity index (χ4v) is 4.27. The number of carbonyl (C=O) groups is 1. The molecule has 2 atom stereocenters. The molecule has 10 nitrogen and oxygen atoms in total. The van der Waals surface area contributed by atoms with Crippen LogP contribution in [0.2, 0.25) is 0 Å². The molecule has 0 aromatic heterocycles. The number of unbranched alkanes of at least 4 members (excludes halogenated alkanes) is 1. The van der Waals surface area contributed by atoms with Crippen LogP contribution in [-0.2, 0) is 19.1 Å². The normalized spacial score (nSPS) is 22.0. The van der Waals surface area contributed by atoms with E-state index in [4.69, 9.17) is 9.02 Å². The summed E-state index contributed by atoms with van der Waals surface area (Å²) in [5, 5.41) is 12.1. The van der Waals surface area contributed by atoms with Gasteiger partial charge in [-0.25, -0.2) is 4.79 Å². The second kappa shape index (κ2) is 8.41. The van der Waals surface area contributed by atoms with E-state index < -0.39 is 15.0 Å². The van der Waals surface area contributed by atoms with Gasteiger partial charge in [0.1, 0.15) is 0 Å². The molecular formula is C17H23N3O7S. The van der Waals surface area contributed by atoms with E-state index in [1.54, 1.807) is 4.90 Å². The van der Waals surface area contributed by atoms with Crippen LogP contribution in [0.1, 0.15) is 32.6 Å². The third-order valence-electron chi connectivity index (χ3n) is 4.93. The van der Waals surface area contributed by atoms with E-state index in [0.29, 0.717) is 26.0 Å². The summed E-state index contributed by atoms with van der Waals surface area (Å²) in [5.41, 5.74) is -0.205. The number of rotatable bonds is 9. The zero-order chi connectivity index (χ0) is 20.3. The van der Waals surface area contributed by atoms with Crippen LogP contribution in [0.4, 0.5) is 10.5 Å². The zero-order valence-electron chi connectivity index (χ0n) is 15.5. The first-order chi connectivity index (χ1) is 13.3. The highest BCUT2D eigenvalue weighted by Crippen LogP contribution is 2.31. The molecular weight excluding hydrogens is 390 g/mol. The SMILES string of the molecule is CCCCON1C(=O)N2C[C@@H]1CC[C@H]2COS(=O)(=O)c1ccc([N+](=O)[O-])cc1. The van der Waals surface area contributed by atoms with Gasteiger partial charge in [-0.2, -0.15) is 13.5 Å². The van der Waals surface area contributed by atoms with E-state index in [0.717, 1.165) is 37.1 Å². The smallest absolute Gasteiger partial charge is 0.315 e. The van der Waals surface area contributed by atoms with Gasteiger partial charge in [0.15, 0.2) is 0 Å². The van der Waals surface area contributed by atoms with Crippen molar-refractivity contribution in [1.82, 2.24) is 9.96 Å². The third kappa shape index (κ3) is 4.26. The van der Waals surface area contributed by atoms with Crippen LogP contribution in [0, 0.1) is 10.1 Å². The molecule has 0 radical (unpaired) electrons. The molecule has 2 heterocycles. The summed E-state index contributed by atoms with van der Waals surface area (Å²) in [4.78, 5) is 29.6. The molecule has 0 spiro atoms. The molecule has 2 aliphatic heterocycles. The highest BCUT2D eigenvalue weighted by Gasteiger charge is 2.45. The van der Waals surface area contributed by atoms with Gasteiger partial charge >= 0.3 is 6.03 Å². The van der Waals surface area contributed by atoms with E-state index in [1.165, 1.54) is 5.06 Å². The highest BCUT2D eigenvalue weighted by molar-refractivity contribution is 7.86. The molecule has 28 heavy (non-hydrogen) atoms. The second-order valence-electron chi connectivity index (χ2n) is 6.82. The van der Waals surface area contributed by atoms with Gasteiger partial charge in [0.25, 0.3) is 15.8 Å². The molecule has 1 aromatic carbocycles. The number of non-ortho nitro benzene ring substituents is 1. The lowest BCUT2D eigenvalue weighted by Crippen LogP contribution is -2.43. The Morgan fingerprint density at radius 2 is 1.96 bits per heavy atom. The fraction of sp³-hybridized carbons (Fsp3) is 0.588. The predicted molar refractivity (Wildman–Crippen MR) is 97.8 cm³/mol. The number of amides is 2. The number of hydroxylamine groups is 2. The molecule has 2 saturated heterocycles. The quantitative estimate of drug-likeness (QED) is 0.264. The van der Waals surface area contributed by atoms with Gasteiger partial charge < -0.3 is 4.90 Å². The number of benzene rings is 1. The largest absolute Gasteiger partial charge is 0.344 e. The van der Waals surface area contributed by atoms with Gasteiger partial charge in [-0.3, -0.25) is 19.1 Å². The average Bonchev–Trinajstić information content (AvgIpc) is 2.93. The van der Waals surface area contributed by atoms with E-state index in [9.17, 15) is 23.3 Å². The van der Waals surface area contributed by atoms with Gasteiger partial charge in [-0.15, -0.1) is 0 Å². The lowest BCUT2D eigenvalue weighted by molar-refractivity contribution is -0.384. The van der Waals surface area contributed by atoms with Crippen LogP contribution < -0.4 is 0 Å². The number of nitro groups is 1. The third-order valence-corrected chi connectivity index (χ3v) is 6.22. The topological polar surface area (TPSA) is 119 Å². The molecule has 0 aliphatic carbocycles. The lowest BCUT2D eigenvalue weighted by atomic mass is 10.0. The van der Waals surface area contributed by atoms with Crippen LogP contribution in [0.15, 0.2) is 29.2 Å². The van der Waals surface area contributed by atoms with Gasteiger partial charge in [-0.05, 0) is 31.4 Å². The van der Waals surface area contributed by atoms with Gasteiger partial charge in [0.05, 0.1) is 35.1 Å². The maximum atomic E-state index is 12.5. The molecule has 3 rings (SSSR count). The number of nitrogens with zero attached hydrogens (tertiary/aromatic N) is 3. The number of hydrogen-bond acceptors (Lipinski definition) is 7. The summed E-state index contributed by atoms with van der Waals surface area (Å²) in [7, 11) is -4.07. The molecule has 0 unspecified atom stereocenters. The summed E-state index contributed by atoms with van der Waals surface area (Å²) < 4.78 is 29.8. The Balaban J connectivity index is 1.60. The van der Waals surface area contributed by atoms with Crippen LogP contribution in [0.5, 0.6) is 0 Å². The maximum absolute atomic E-state index is 12.5. The first kappa shape index (κ1) is 20.5. The fourth-order valence-electron chi connectivity index (χ4n) is 3.33. The summed E-state index contributed by atoms with van der Waals surface area (Å²) in [6.07, 6.45) is 3.14. The molecule has 2 fully saturated rings. The number of nitro benzene ring substituents is 1. The van der Waals surface area contributed by atoms with E-state index >= 15 is 0 Å². The number of carbonyl (C=O) groups excluding carboxylic acids is 1. The van der Waals surface area contributed by atoms with Crippen molar-refractivity contribution in [3.63, 3.8) is 0 Å². The van der Waals surface area contributed by atoms with Gasteiger partial charge in [0.2, 0.25) is 0 Å².